The van der Waals surface area contributed by atoms with Crippen LogP contribution in [0.2, 0.25) is 0 Å². The number of carbonyl (C=O) groups excluding carboxylic acids is 1. The minimum absolute atomic E-state index is 0.0430. The molecule has 94 valence electrons. The fourth-order valence-electron chi connectivity index (χ4n) is 1.35. The summed E-state index contributed by atoms with van der Waals surface area (Å²) in [4.78, 5) is 25.3. The first-order valence-electron chi connectivity index (χ1n) is 5.47. The monoisotopic (exact) mass is 256 g/mol. The highest BCUT2D eigenvalue weighted by atomic mass is 35.5. The van der Waals surface area contributed by atoms with Gasteiger partial charge in [0.05, 0.1) is 0 Å². The number of hydrogen-bond acceptors (Lipinski definition) is 2. The summed E-state index contributed by atoms with van der Waals surface area (Å²) < 4.78 is 0. The van der Waals surface area contributed by atoms with Gasteiger partial charge >= 0.3 is 0 Å². The molecule has 0 aromatic carbocycles. The quantitative estimate of drug-likeness (QED) is 0.789. The van der Waals surface area contributed by atoms with Crippen LogP contribution in [-0.4, -0.2) is 23.3 Å². The van der Waals surface area contributed by atoms with Gasteiger partial charge in [0.15, 0.2) is 0 Å². The van der Waals surface area contributed by atoms with Crippen molar-refractivity contribution in [2.45, 2.75) is 20.3 Å². The van der Waals surface area contributed by atoms with Crippen molar-refractivity contribution in [1.29, 1.82) is 0 Å². The van der Waals surface area contributed by atoms with Gasteiger partial charge < -0.3 is 10.3 Å². The molecule has 0 spiro atoms. The van der Waals surface area contributed by atoms with Crippen molar-refractivity contribution in [3.05, 3.63) is 34.2 Å². The first kappa shape index (κ1) is 13.8. The summed E-state index contributed by atoms with van der Waals surface area (Å²) >= 11 is 5.68. The van der Waals surface area contributed by atoms with Crippen LogP contribution < -0.4 is 10.9 Å². The molecule has 0 aliphatic rings. The lowest BCUT2D eigenvalue weighted by Crippen LogP contribution is -2.34. The van der Waals surface area contributed by atoms with E-state index in [1.165, 1.54) is 12.3 Å². The Kier molecular flexibility index (Phi) is 4.75. The largest absolute Gasteiger partial charge is 0.351 e. The van der Waals surface area contributed by atoms with Crippen LogP contribution in [0.15, 0.2) is 23.1 Å². The minimum atomic E-state index is -0.280. The third-order valence-electron chi connectivity index (χ3n) is 2.54. The zero-order valence-corrected chi connectivity index (χ0v) is 10.8. The Morgan fingerprint density at radius 3 is 2.82 bits per heavy atom. The van der Waals surface area contributed by atoms with E-state index in [-0.39, 0.29) is 16.9 Å². The molecule has 1 aromatic rings. The molecule has 0 saturated heterocycles. The Balaban J connectivity index is 2.59. The number of alkyl halides is 1. The van der Waals surface area contributed by atoms with E-state index in [2.05, 4.69) is 10.3 Å². The third kappa shape index (κ3) is 4.61. The van der Waals surface area contributed by atoms with E-state index < -0.39 is 0 Å². The predicted octanol–water partition coefficient (Wildman–Crippen LogP) is 1.76. The smallest absolute Gasteiger partial charge is 0.251 e. The summed E-state index contributed by atoms with van der Waals surface area (Å²) in [5.74, 6) is 0.326. The first-order valence-corrected chi connectivity index (χ1v) is 6.01. The fraction of sp³-hybridized carbons (Fsp3) is 0.500. The topological polar surface area (TPSA) is 62.0 Å². The Bertz CT molecular complexity index is 440. The SMILES string of the molecule is CC(C)(CCCl)CNC(=O)c1cc[nH]c(=O)c1. The summed E-state index contributed by atoms with van der Waals surface area (Å²) in [7, 11) is 0. The second-order valence-corrected chi connectivity index (χ2v) is 5.11. The minimum Gasteiger partial charge on any atom is -0.351 e. The molecule has 0 bridgehead atoms. The molecule has 1 aromatic heterocycles. The van der Waals surface area contributed by atoms with Gasteiger partial charge in [-0.05, 0) is 17.9 Å². The third-order valence-corrected chi connectivity index (χ3v) is 2.73. The van der Waals surface area contributed by atoms with E-state index in [4.69, 9.17) is 11.6 Å². The van der Waals surface area contributed by atoms with Crippen LogP contribution in [0.1, 0.15) is 30.6 Å². The van der Waals surface area contributed by atoms with Crippen molar-refractivity contribution in [2.24, 2.45) is 5.41 Å². The number of halogens is 1. The molecule has 17 heavy (non-hydrogen) atoms. The van der Waals surface area contributed by atoms with Crippen molar-refractivity contribution in [3.63, 3.8) is 0 Å². The lowest BCUT2D eigenvalue weighted by Gasteiger charge is -2.23. The lowest BCUT2D eigenvalue weighted by molar-refractivity contribution is 0.0935. The Labute approximate surface area is 105 Å². The van der Waals surface area contributed by atoms with Crippen molar-refractivity contribution in [2.75, 3.05) is 12.4 Å². The van der Waals surface area contributed by atoms with Crippen molar-refractivity contribution in [3.8, 4) is 0 Å². The Morgan fingerprint density at radius 2 is 2.24 bits per heavy atom. The summed E-state index contributed by atoms with van der Waals surface area (Å²) in [5.41, 5.74) is 0.0478. The van der Waals surface area contributed by atoms with Gasteiger partial charge in [-0.25, -0.2) is 0 Å². The molecule has 2 N–H and O–H groups in total. The van der Waals surface area contributed by atoms with Gasteiger partial charge in [-0.15, -0.1) is 11.6 Å². The second-order valence-electron chi connectivity index (χ2n) is 4.73. The Morgan fingerprint density at radius 1 is 1.53 bits per heavy atom. The van der Waals surface area contributed by atoms with Crippen LogP contribution in [-0.2, 0) is 0 Å². The predicted molar refractivity (Wildman–Crippen MR) is 68.5 cm³/mol. The molecule has 4 nitrogen and oxygen atoms in total. The molecule has 0 aliphatic heterocycles. The number of carbonyl (C=O) groups is 1. The van der Waals surface area contributed by atoms with Crippen molar-refractivity contribution >= 4 is 17.5 Å². The van der Waals surface area contributed by atoms with Crippen LogP contribution in [0.3, 0.4) is 0 Å². The zero-order valence-electron chi connectivity index (χ0n) is 10.0. The number of nitrogens with one attached hydrogen (secondary N) is 2. The molecule has 0 radical (unpaired) electrons. The normalized spacial score (nSPS) is 11.2. The van der Waals surface area contributed by atoms with Gasteiger partial charge in [0.25, 0.3) is 5.91 Å². The van der Waals surface area contributed by atoms with Gasteiger partial charge in [-0.3, -0.25) is 9.59 Å². The Hall–Kier alpha value is -1.29. The molecule has 0 atom stereocenters. The van der Waals surface area contributed by atoms with Gasteiger partial charge in [0.2, 0.25) is 5.56 Å². The fourth-order valence-corrected chi connectivity index (χ4v) is 1.86. The van der Waals surface area contributed by atoms with Crippen LogP contribution in [0.25, 0.3) is 0 Å². The molecule has 1 heterocycles. The molecule has 0 aliphatic carbocycles. The highest BCUT2D eigenvalue weighted by Gasteiger charge is 2.18. The highest BCUT2D eigenvalue weighted by molar-refractivity contribution is 6.17. The molecule has 1 rings (SSSR count). The average Bonchev–Trinajstić information content (AvgIpc) is 2.26. The van der Waals surface area contributed by atoms with Gasteiger partial charge in [0, 0.05) is 30.3 Å². The molecule has 0 saturated carbocycles. The average molecular weight is 257 g/mol. The number of amides is 1. The lowest BCUT2D eigenvalue weighted by atomic mass is 9.90. The van der Waals surface area contributed by atoms with Gasteiger partial charge in [-0.2, -0.15) is 0 Å². The number of hydrogen-bond donors (Lipinski definition) is 2. The number of aromatic nitrogens is 1. The molecular weight excluding hydrogens is 240 g/mol. The highest BCUT2D eigenvalue weighted by Crippen LogP contribution is 2.19. The summed E-state index contributed by atoms with van der Waals surface area (Å²) in [6, 6.07) is 2.86. The number of pyridine rings is 1. The van der Waals surface area contributed by atoms with Crippen LogP contribution in [0.5, 0.6) is 0 Å². The summed E-state index contributed by atoms with van der Waals surface area (Å²) in [6.45, 7) is 4.60. The van der Waals surface area contributed by atoms with E-state index in [0.29, 0.717) is 18.0 Å². The van der Waals surface area contributed by atoms with E-state index in [1.807, 2.05) is 13.8 Å². The molecule has 5 heteroatoms. The maximum Gasteiger partial charge on any atom is 0.251 e. The summed E-state index contributed by atoms with van der Waals surface area (Å²) in [6.07, 6.45) is 2.28. The maximum atomic E-state index is 11.8. The van der Waals surface area contributed by atoms with E-state index in [9.17, 15) is 9.59 Å². The molecule has 0 unspecified atom stereocenters. The van der Waals surface area contributed by atoms with Crippen LogP contribution in [0, 0.1) is 5.41 Å². The van der Waals surface area contributed by atoms with E-state index in [0.717, 1.165) is 6.42 Å². The van der Waals surface area contributed by atoms with E-state index in [1.54, 1.807) is 6.07 Å². The van der Waals surface area contributed by atoms with Gasteiger partial charge in [-0.1, -0.05) is 13.8 Å². The number of H-pyrrole nitrogens is 1. The maximum absolute atomic E-state index is 11.8. The number of aromatic amines is 1. The zero-order chi connectivity index (χ0) is 12.9. The van der Waals surface area contributed by atoms with Gasteiger partial charge in [0.1, 0.15) is 0 Å². The molecule has 0 fully saturated rings. The number of rotatable bonds is 5. The second kappa shape index (κ2) is 5.87. The standard InChI is InChI=1S/C12H17ClN2O2/c1-12(2,4-5-13)8-15-11(17)9-3-6-14-10(16)7-9/h3,6-7H,4-5,8H2,1-2H3,(H,14,16)(H,15,17). The first-order chi connectivity index (χ1) is 7.94. The molecular formula is C12H17ClN2O2. The van der Waals surface area contributed by atoms with Crippen molar-refractivity contribution < 1.29 is 4.79 Å². The van der Waals surface area contributed by atoms with Crippen molar-refractivity contribution in [1.82, 2.24) is 10.3 Å². The van der Waals surface area contributed by atoms with Crippen LogP contribution >= 0.6 is 11.6 Å². The van der Waals surface area contributed by atoms with E-state index >= 15 is 0 Å². The molecule has 1 amide bonds. The summed E-state index contributed by atoms with van der Waals surface area (Å²) in [5, 5.41) is 2.80. The van der Waals surface area contributed by atoms with Crippen LogP contribution in [0.4, 0.5) is 0 Å².